The van der Waals surface area contributed by atoms with Crippen LogP contribution in [0, 0.1) is 0 Å². The molecule has 5 nitrogen and oxygen atoms in total. The minimum Gasteiger partial charge on any atom is -0.472 e. The number of furan rings is 1. The van der Waals surface area contributed by atoms with Crippen molar-refractivity contribution >= 4 is 11.4 Å². The Morgan fingerprint density at radius 1 is 0.794 bits per heavy atom. The molecule has 1 unspecified atom stereocenters. The van der Waals surface area contributed by atoms with Gasteiger partial charge in [0.05, 0.1) is 23.9 Å². The van der Waals surface area contributed by atoms with Crippen molar-refractivity contribution in [2.24, 2.45) is 0 Å². The lowest BCUT2D eigenvalue weighted by atomic mass is 9.93. The van der Waals surface area contributed by atoms with Crippen molar-refractivity contribution in [3.05, 3.63) is 91.1 Å². The molecule has 7 rings (SSSR count). The molecule has 0 radical (unpaired) electrons. The Hall–Kier alpha value is -3.57. The monoisotopic (exact) mass is 449 g/mol. The van der Waals surface area contributed by atoms with Crippen LogP contribution in [0.4, 0.5) is 11.4 Å². The number of ether oxygens (including phenoxy) is 1. The van der Waals surface area contributed by atoms with Crippen molar-refractivity contribution in [2.45, 2.75) is 50.4 Å². The highest BCUT2D eigenvalue weighted by molar-refractivity contribution is 5.81. The molecule has 170 valence electrons. The van der Waals surface area contributed by atoms with Crippen molar-refractivity contribution in [1.29, 1.82) is 0 Å². The van der Waals surface area contributed by atoms with Gasteiger partial charge < -0.3 is 14.1 Å². The van der Waals surface area contributed by atoms with E-state index in [0.29, 0.717) is 18.1 Å². The summed E-state index contributed by atoms with van der Waals surface area (Å²) in [6, 6.07) is 22.9. The number of hydrogen-bond acceptors (Lipinski definition) is 5. The van der Waals surface area contributed by atoms with Crippen molar-refractivity contribution in [3.63, 3.8) is 0 Å². The van der Waals surface area contributed by atoms with Crippen molar-refractivity contribution < 1.29 is 9.15 Å². The van der Waals surface area contributed by atoms with Gasteiger partial charge in [-0.15, -0.1) is 0 Å². The zero-order valence-electron chi connectivity index (χ0n) is 19.0. The van der Waals surface area contributed by atoms with E-state index >= 15 is 0 Å². The number of benzene rings is 2. The van der Waals surface area contributed by atoms with Gasteiger partial charge in [-0.3, -0.25) is 9.88 Å². The predicted molar refractivity (Wildman–Crippen MR) is 132 cm³/mol. The molecule has 0 aliphatic carbocycles. The lowest BCUT2D eigenvalue weighted by Crippen LogP contribution is -2.49. The quantitative estimate of drug-likeness (QED) is 0.343. The fourth-order valence-corrected chi connectivity index (χ4v) is 6.21. The summed E-state index contributed by atoms with van der Waals surface area (Å²) in [6.45, 7) is 0.990. The second-order valence-corrected chi connectivity index (χ2v) is 9.67. The lowest BCUT2D eigenvalue weighted by molar-refractivity contribution is 0.119. The summed E-state index contributed by atoms with van der Waals surface area (Å²) in [6.07, 6.45) is 12.2. The molecule has 2 fully saturated rings. The second kappa shape index (κ2) is 8.03. The molecule has 34 heavy (non-hydrogen) atoms. The van der Waals surface area contributed by atoms with Crippen LogP contribution in [0.1, 0.15) is 31.2 Å². The van der Waals surface area contributed by atoms with E-state index in [1.165, 1.54) is 29.8 Å². The van der Waals surface area contributed by atoms with Gasteiger partial charge in [0.25, 0.3) is 0 Å². The molecule has 5 heterocycles. The molecule has 3 atom stereocenters. The molecule has 0 amide bonds. The molecule has 5 heteroatoms. The third-order valence-electron chi connectivity index (χ3n) is 7.75. The Bertz CT molecular complexity index is 1290. The fourth-order valence-electron chi connectivity index (χ4n) is 6.21. The Morgan fingerprint density at radius 3 is 2.38 bits per heavy atom. The summed E-state index contributed by atoms with van der Waals surface area (Å²) in [4.78, 5) is 9.43. The zero-order valence-corrected chi connectivity index (χ0v) is 19.0. The van der Waals surface area contributed by atoms with Crippen LogP contribution in [0.2, 0.25) is 0 Å². The SMILES string of the molecule is c1ccc2c(c1)Oc1cc(-c3ccncc3)ccc1N2C1C[C@H]2CC[C@@H](C1)N2Cc1ccoc1. The number of nitrogens with zero attached hydrogens (tertiary/aromatic N) is 3. The average molecular weight is 450 g/mol. The molecule has 2 saturated heterocycles. The maximum Gasteiger partial charge on any atom is 0.151 e. The molecule has 0 N–H and O–H groups in total. The first-order valence-corrected chi connectivity index (χ1v) is 12.2. The summed E-state index contributed by atoms with van der Waals surface area (Å²) in [5, 5.41) is 0. The van der Waals surface area contributed by atoms with Gasteiger partial charge >= 0.3 is 0 Å². The van der Waals surface area contributed by atoms with Crippen molar-refractivity contribution in [1.82, 2.24) is 9.88 Å². The van der Waals surface area contributed by atoms with Gasteiger partial charge in [-0.25, -0.2) is 0 Å². The molecule has 4 aromatic rings. The molecular formula is C29H27N3O2. The van der Waals surface area contributed by atoms with Gasteiger partial charge in [-0.1, -0.05) is 18.2 Å². The first-order chi connectivity index (χ1) is 16.8. The van der Waals surface area contributed by atoms with Gasteiger partial charge in [0.2, 0.25) is 0 Å². The van der Waals surface area contributed by atoms with Gasteiger partial charge in [0.1, 0.15) is 0 Å². The molecule has 2 aromatic heterocycles. The van der Waals surface area contributed by atoms with Crippen molar-refractivity contribution in [3.8, 4) is 22.6 Å². The molecular weight excluding hydrogens is 422 g/mol. The lowest BCUT2D eigenvalue weighted by Gasteiger charge is -2.46. The minimum atomic E-state index is 0.452. The topological polar surface area (TPSA) is 41.7 Å². The van der Waals surface area contributed by atoms with Gasteiger partial charge in [0, 0.05) is 42.6 Å². The standard InChI is InChI=1S/C29H27N3O2/c1-2-4-28-26(3-1)32(27-8-5-22(15-29(27)34-28)21-9-12-30-13-10-21)25-16-23-6-7-24(17-25)31(23)18-20-11-14-33-19-20/h1-5,8-15,19,23-25H,6-7,16-18H2/t23-,24+,25?. The number of rotatable bonds is 4. The maximum atomic E-state index is 6.44. The number of para-hydroxylation sites is 2. The van der Waals surface area contributed by atoms with E-state index in [0.717, 1.165) is 42.0 Å². The summed E-state index contributed by atoms with van der Waals surface area (Å²) in [5.74, 6) is 1.87. The van der Waals surface area contributed by atoms with E-state index in [-0.39, 0.29) is 0 Å². The molecule has 0 saturated carbocycles. The van der Waals surface area contributed by atoms with Crippen LogP contribution in [0.3, 0.4) is 0 Å². The van der Waals surface area contributed by atoms with Crippen LogP contribution in [-0.2, 0) is 6.54 Å². The van der Waals surface area contributed by atoms with E-state index in [9.17, 15) is 0 Å². The minimum absolute atomic E-state index is 0.452. The first kappa shape index (κ1) is 19.9. The highest BCUT2D eigenvalue weighted by atomic mass is 16.5. The Kier molecular flexibility index (Phi) is 4.69. The van der Waals surface area contributed by atoms with E-state index in [2.05, 4.69) is 63.3 Å². The molecule has 0 spiro atoms. The largest absolute Gasteiger partial charge is 0.472 e. The maximum absolute atomic E-state index is 6.44. The highest BCUT2D eigenvalue weighted by Gasteiger charge is 2.44. The second-order valence-electron chi connectivity index (χ2n) is 9.67. The van der Waals surface area contributed by atoms with Crippen LogP contribution in [-0.4, -0.2) is 28.0 Å². The third-order valence-corrected chi connectivity index (χ3v) is 7.75. The van der Waals surface area contributed by atoms with Crippen LogP contribution in [0.15, 0.2) is 90.0 Å². The Morgan fingerprint density at radius 2 is 1.59 bits per heavy atom. The Balaban J connectivity index is 1.23. The number of fused-ring (bicyclic) bond motifs is 4. The molecule has 3 aliphatic rings. The van der Waals surface area contributed by atoms with Crippen LogP contribution in [0.5, 0.6) is 11.5 Å². The van der Waals surface area contributed by atoms with Gasteiger partial charge in [0.15, 0.2) is 11.5 Å². The summed E-state index contributed by atoms with van der Waals surface area (Å²) in [5.41, 5.74) is 5.93. The van der Waals surface area contributed by atoms with E-state index in [1.807, 2.05) is 30.8 Å². The summed E-state index contributed by atoms with van der Waals surface area (Å²) >= 11 is 0. The Labute approximate surface area is 199 Å². The summed E-state index contributed by atoms with van der Waals surface area (Å²) < 4.78 is 11.8. The van der Waals surface area contributed by atoms with E-state index in [1.54, 1.807) is 6.26 Å². The smallest absolute Gasteiger partial charge is 0.151 e. The highest BCUT2D eigenvalue weighted by Crippen LogP contribution is 2.51. The third kappa shape index (κ3) is 3.31. The normalized spacial score (nSPS) is 23.3. The fraction of sp³-hybridized carbons (Fsp3) is 0.276. The number of aromatic nitrogens is 1. The molecule has 2 aromatic carbocycles. The molecule has 2 bridgehead atoms. The summed E-state index contributed by atoms with van der Waals surface area (Å²) in [7, 11) is 0. The average Bonchev–Trinajstić information content (AvgIpc) is 3.47. The number of pyridine rings is 1. The van der Waals surface area contributed by atoms with Crippen LogP contribution < -0.4 is 9.64 Å². The van der Waals surface area contributed by atoms with Crippen molar-refractivity contribution in [2.75, 3.05) is 4.90 Å². The van der Waals surface area contributed by atoms with E-state index in [4.69, 9.17) is 9.15 Å². The first-order valence-electron chi connectivity index (χ1n) is 12.2. The van der Waals surface area contributed by atoms with E-state index < -0.39 is 0 Å². The number of hydrogen-bond donors (Lipinski definition) is 0. The number of piperidine rings is 1. The predicted octanol–water partition coefficient (Wildman–Crippen LogP) is 6.78. The zero-order chi connectivity index (χ0) is 22.5. The molecule has 3 aliphatic heterocycles. The van der Waals surface area contributed by atoms with Crippen LogP contribution in [0.25, 0.3) is 11.1 Å². The number of anilines is 2. The van der Waals surface area contributed by atoms with Gasteiger partial charge in [-0.2, -0.15) is 0 Å². The van der Waals surface area contributed by atoms with Gasteiger partial charge in [-0.05, 0) is 79.3 Å². The van der Waals surface area contributed by atoms with Crippen LogP contribution >= 0.6 is 0 Å².